The molecule has 2 heterocycles. The number of unbranched alkanes of at least 4 members (excludes halogenated alkanes) is 1. The third-order valence-electron chi connectivity index (χ3n) is 3.63. The van der Waals surface area contributed by atoms with Crippen molar-refractivity contribution in [1.29, 1.82) is 5.26 Å². The largest absolute Gasteiger partial charge is 0.461 e. The van der Waals surface area contributed by atoms with Gasteiger partial charge in [-0.3, -0.25) is 0 Å². The van der Waals surface area contributed by atoms with Gasteiger partial charge >= 0.3 is 5.97 Å². The van der Waals surface area contributed by atoms with Crippen LogP contribution in [0.2, 0.25) is 0 Å². The maximum Gasteiger partial charge on any atom is 0.349 e. The number of fused-ring (bicyclic) bond motifs is 1. The standard InChI is InChI=1S/C16H19NO2S2/c1-3-5-6-11(4-2)8-19-16(18)15-12(7-17)13-9-20-10-14(13)21-15/h9-11H,3-6,8H2,1-2H3. The highest BCUT2D eigenvalue weighted by Gasteiger charge is 2.21. The summed E-state index contributed by atoms with van der Waals surface area (Å²) in [5, 5.41) is 14.0. The molecule has 3 nitrogen and oxygen atoms in total. The summed E-state index contributed by atoms with van der Waals surface area (Å²) in [6.07, 6.45) is 4.42. The third kappa shape index (κ3) is 3.63. The first-order chi connectivity index (χ1) is 10.2. The smallest absolute Gasteiger partial charge is 0.349 e. The van der Waals surface area contributed by atoms with Gasteiger partial charge in [-0.1, -0.05) is 33.1 Å². The molecule has 0 aliphatic rings. The summed E-state index contributed by atoms with van der Waals surface area (Å²) in [7, 11) is 0. The SMILES string of the molecule is CCCCC(CC)COC(=O)c1sc2cscc2c1C#N. The van der Waals surface area contributed by atoms with E-state index in [1.807, 2.05) is 10.8 Å². The quantitative estimate of drug-likeness (QED) is 0.658. The second-order valence-corrected chi connectivity index (χ2v) is 6.88. The van der Waals surface area contributed by atoms with E-state index in [0.29, 0.717) is 23.0 Å². The average Bonchev–Trinajstić information content (AvgIpc) is 3.07. The zero-order valence-electron chi connectivity index (χ0n) is 12.3. The highest BCUT2D eigenvalue weighted by molar-refractivity contribution is 7.24. The van der Waals surface area contributed by atoms with Gasteiger partial charge in [0.25, 0.3) is 0 Å². The van der Waals surface area contributed by atoms with Gasteiger partial charge in [-0.05, 0) is 12.3 Å². The molecule has 1 unspecified atom stereocenters. The lowest BCUT2D eigenvalue weighted by molar-refractivity contribution is 0.0433. The Hall–Kier alpha value is -1.38. The van der Waals surface area contributed by atoms with Crippen LogP contribution in [0.25, 0.3) is 10.1 Å². The molecule has 0 bridgehead atoms. The van der Waals surface area contributed by atoms with Crippen molar-refractivity contribution in [1.82, 2.24) is 0 Å². The lowest BCUT2D eigenvalue weighted by Crippen LogP contribution is -2.13. The van der Waals surface area contributed by atoms with Gasteiger partial charge < -0.3 is 4.74 Å². The Balaban J connectivity index is 2.05. The van der Waals surface area contributed by atoms with Crippen molar-refractivity contribution in [2.45, 2.75) is 39.5 Å². The van der Waals surface area contributed by atoms with Crippen molar-refractivity contribution >= 4 is 38.7 Å². The van der Waals surface area contributed by atoms with Gasteiger partial charge in [0.2, 0.25) is 0 Å². The first-order valence-electron chi connectivity index (χ1n) is 7.27. The van der Waals surface area contributed by atoms with Gasteiger partial charge in [-0.2, -0.15) is 16.6 Å². The van der Waals surface area contributed by atoms with Crippen LogP contribution in [0.5, 0.6) is 0 Å². The number of carbonyl (C=O) groups excluding carboxylic acids is 1. The van der Waals surface area contributed by atoms with E-state index in [1.54, 1.807) is 11.3 Å². The molecule has 0 aromatic carbocycles. The zero-order chi connectivity index (χ0) is 15.2. The Labute approximate surface area is 133 Å². The topological polar surface area (TPSA) is 50.1 Å². The molecule has 0 saturated carbocycles. The molecule has 112 valence electrons. The fourth-order valence-corrected chi connectivity index (χ4v) is 4.27. The van der Waals surface area contributed by atoms with Crippen LogP contribution in [0.3, 0.4) is 0 Å². The number of carbonyl (C=O) groups is 1. The van der Waals surface area contributed by atoms with E-state index in [9.17, 15) is 10.1 Å². The van der Waals surface area contributed by atoms with Gasteiger partial charge in [0.15, 0.2) is 0 Å². The lowest BCUT2D eigenvalue weighted by Gasteiger charge is -2.14. The highest BCUT2D eigenvalue weighted by Crippen LogP contribution is 2.34. The molecular formula is C16H19NO2S2. The maximum absolute atomic E-state index is 12.2. The molecular weight excluding hydrogens is 302 g/mol. The lowest BCUT2D eigenvalue weighted by atomic mass is 10.0. The van der Waals surface area contributed by atoms with Crippen LogP contribution in [-0.4, -0.2) is 12.6 Å². The number of nitriles is 1. The van der Waals surface area contributed by atoms with E-state index >= 15 is 0 Å². The molecule has 2 aromatic heterocycles. The summed E-state index contributed by atoms with van der Waals surface area (Å²) in [6.45, 7) is 4.73. The Morgan fingerprint density at radius 1 is 1.43 bits per heavy atom. The fourth-order valence-electron chi connectivity index (χ4n) is 2.24. The summed E-state index contributed by atoms with van der Waals surface area (Å²) in [4.78, 5) is 12.7. The molecule has 2 rings (SSSR count). The molecule has 0 amide bonds. The summed E-state index contributed by atoms with van der Waals surface area (Å²) in [5.74, 6) is 0.0626. The summed E-state index contributed by atoms with van der Waals surface area (Å²) < 4.78 is 6.43. The van der Waals surface area contributed by atoms with E-state index in [2.05, 4.69) is 19.9 Å². The number of nitrogens with zero attached hydrogens (tertiary/aromatic N) is 1. The molecule has 0 saturated heterocycles. The summed E-state index contributed by atoms with van der Waals surface area (Å²) in [5.41, 5.74) is 0.461. The first-order valence-corrected chi connectivity index (χ1v) is 9.03. The Bertz CT molecular complexity index is 651. The first kappa shape index (κ1) is 16.0. The molecule has 0 spiro atoms. The van der Waals surface area contributed by atoms with E-state index in [0.717, 1.165) is 35.8 Å². The minimum Gasteiger partial charge on any atom is -0.461 e. The molecule has 0 fully saturated rings. The number of esters is 1. The van der Waals surface area contributed by atoms with Crippen molar-refractivity contribution in [3.63, 3.8) is 0 Å². The number of ether oxygens (including phenoxy) is 1. The van der Waals surface area contributed by atoms with Crippen LogP contribution >= 0.6 is 22.7 Å². The molecule has 0 N–H and O–H groups in total. The van der Waals surface area contributed by atoms with Crippen LogP contribution in [0, 0.1) is 17.2 Å². The summed E-state index contributed by atoms with van der Waals surface area (Å²) in [6, 6.07) is 2.14. The minimum absolute atomic E-state index is 0.354. The monoisotopic (exact) mass is 321 g/mol. The molecule has 2 aromatic rings. The minimum atomic E-state index is -0.354. The second-order valence-electron chi connectivity index (χ2n) is 5.08. The van der Waals surface area contributed by atoms with Gasteiger partial charge in [0, 0.05) is 20.8 Å². The normalized spacial score (nSPS) is 12.2. The Kier molecular flexibility index (Phi) is 5.77. The van der Waals surface area contributed by atoms with Crippen LogP contribution in [0.15, 0.2) is 10.8 Å². The summed E-state index contributed by atoms with van der Waals surface area (Å²) >= 11 is 2.90. The van der Waals surface area contributed by atoms with Crippen LogP contribution < -0.4 is 0 Å². The second kappa shape index (κ2) is 7.58. The van der Waals surface area contributed by atoms with E-state index < -0.39 is 0 Å². The maximum atomic E-state index is 12.2. The van der Waals surface area contributed by atoms with Gasteiger partial charge in [0.05, 0.1) is 12.2 Å². The fraction of sp³-hybridized carbons (Fsp3) is 0.500. The molecule has 0 aliphatic heterocycles. The van der Waals surface area contributed by atoms with Crippen molar-refractivity contribution in [3.8, 4) is 6.07 Å². The van der Waals surface area contributed by atoms with Crippen molar-refractivity contribution in [3.05, 3.63) is 21.2 Å². The highest BCUT2D eigenvalue weighted by atomic mass is 32.1. The van der Waals surface area contributed by atoms with Crippen molar-refractivity contribution in [2.75, 3.05) is 6.61 Å². The number of rotatable bonds is 7. The number of thiophene rings is 2. The van der Waals surface area contributed by atoms with Crippen LogP contribution in [0.1, 0.15) is 54.8 Å². The van der Waals surface area contributed by atoms with Crippen molar-refractivity contribution in [2.24, 2.45) is 5.92 Å². The third-order valence-corrected chi connectivity index (χ3v) is 5.65. The van der Waals surface area contributed by atoms with E-state index in [4.69, 9.17) is 4.74 Å². The molecule has 0 aliphatic carbocycles. The molecule has 21 heavy (non-hydrogen) atoms. The van der Waals surface area contributed by atoms with Crippen LogP contribution in [-0.2, 0) is 4.74 Å². The number of hydrogen-bond donors (Lipinski definition) is 0. The molecule has 0 radical (unpaired) electrons. The van der Waals surface area contributed by atoms with Gasteiger partial charge in [-0.15, -0.1) is 11.3 Å². The van der Waals surface area contributed by atoms with Crippen molar-refractivity contribution < 1.29 is 9.53 Å². The van der Waals surface area contributed by atoms with E-state index in [1.165, 1.54) is 11.3 Å². The molecule has 1 atom stereocenters. The molecule has 5 heteroatoms. The zero-order valence-corrected chi connectivity index (χ0v) is 14.0. The average molecular weight is 321 g/mol. The predicted octanol–water partition coefficient (Wildman–Crippen LogP) is 5.21. The Morgan fingerprint density at radius 3 is 2.90 bits per heavy atom. The number of hydrogen-bond acceptors (Lipinski definition) is 5. The van der Waals surface area contributed by atoms with Crippen LogP contribution in [0.4, 0.5) is 0 Å². The Morgan fingerprint density at radius 2 is 2.24 bits per heavy atom. The van der Waals surface area contributed by atoms with E-state index in [-0.39, 0.29) is 5.97 Å². The van der Waals surface area contributed by atoms with Gasteiger partial charge in [0.1, 0.15) is 10.9 Å². The predicted molar refractivity (Wildman–Crippen MR) is 88.0 cm³/mol. The van der Waals surface area contributed by atoms with Gasteiger partial charge in [-0.25, -0.2) is 4.79 Å².